The van der Waals surface area contributed by atoms with Gasteiger partial charge < -0.3 is 10.1 Å². The summed E-state index contributed by atoms with van der Waals surface area (Å²) in [6.45, 7) is 6.47. The maximum Gasteiger partial charge on any atom is 0.410 e. The summed E-state index contributed by atoms with van der Waals surface area (Å²) in [4.78, 5) is 24.4. The highest BCUT2D eigenvalue weighted by atomic mass is 16.6. The smallest absolute Gasteiger partial charge is 0.410 e. The van der Waals surface area contributed by atoms with Crippen LogP contribution in [0.1, 0.15) is 20.8 Å². The van der Waals surface area contributed by atoms with Gasteiger partial charge in [0.05, 0.1) is 6.61 Å². The average molecular weight is 200 g/mol. The summed E-state index contributed by atoms with van der Waals surface area (Å²) in [5, 5.41) is 2.71. The lowest BCUT2D eigenvalue weighted by Gasteiger charge is -2.40. The van der Waals surface area contributed by atoms with Crippen LogP contribution in [0.4, 0.5) is 4.79 Å². The minimum absolute atomic E-state index is 0.142. The first kappa shape index (κ1) is 10.8. The van der Waals surface area contributed by atoms with Crippen LogP contribution in [0.3, 0.4) is 0 Å². The SMILES string of the molecule is CCOC(=O)N1CCNC(=O)C1(C)C. The molecule has 0 atom stereocenters. The van der Waals surface area contributed by atoms with Crippen LogP contribution >= 0.6 is 0 Å². The molecule has 0 aromatic rings. The molecular weight excluding hydrogens is 184 g/mol. The molecule has 5 heteroatoms. The molecule has 2 amide bonds. The number of carbonyl (C=O) groups is 2. The van der Waals surface area contributed by atoms with Crippen LogP contribution in [0, 0.1) is 0 Å². The molecule has 1 aliphatic heterocycles. The van der Waals surface area contributed by atoms with Gasteiger partial charge in [-0.3, -0.25) is 9.69 Å². The van der Waals surface area contributed by atoms with E-state index in [9.17, 15) is 9.59 Å². The number of hydrogen-bond donors (Lipinski definition) is 1. The number of nitrogens with zero attached hydrogens (tertiary/aromatic N) is 1. The third kappa shape index (κ3) is 1.81. The molecule has 1 saturated heterocycles. The summed E-state index contributed by atoms with van der Waals surface area (Å²) >= 11 is 0. The molecular formula is C9H16N2O3. The molecule has 1 rings (SSSR count). The predicted molar refractivity (Wildman–Crippen MR) is 50.8 cm³/mol. The van der Waals surface area contributed by atoms with Crippen molar-refractivity contribution in [1.82, 2.24) is 10.2 Å². The molecule has 1 aliphatic rings. The summed E-state index contributed by atoms with van der Waals surface area (Å²) < 4.78 is 4.87. The Kier molecular flexibility index (Phi) is 2.98. The van der Waals surface area contributed by atoms with Crippen molar-refractivity contribution in [3.63, 3.8) is 0 Å². The van der Waals surface area contributed by atoms with Gasteiger partial charge in [-0.15, -0.1) is 0 Å². The van der Waals surface area contributed by atoms with Gasteiger partial charge in [-0.1, -0.05) is 0 Å². The first-order valence-electron chi connectivity index (χ1n) is 4.73. The summed E-state index contributed by atoms with van der Waals surface area (Å²) in [5.74, 6) is -0.142. The average Bonchev–Trinajstić information content (AvgIpc) is 2.10. The van der Waals surface area contributed by atoms with E-state index in [2.05, 4.69) is 5.32 Å². The fourth-order valence-electron chi connectivity index (χ4n) is 1.42. The second-order valence-corrected chi connectivity index (χ2v) is 3.67. The van der Waals surface area contributed by atoms with Crippen molar-refractivity contribution in [3.05, 3.63) is 0 Å². The van der Waals surface area contributed by atoms with Crippen molar-refractivity contribution in [3.8, 4) is 0 Å². The Balaban J connectivity index is 2.76. The minimum atomic E-state index is -0.815. The first-order valence-corrected chi connectivity index (χ1v) is 4.73. The highest BCUT2D eigenvalue weighted by Crippen LogP contribution is 2.18. The van der Waals surface area contributed by atoms with E-state index < -0.39 is 11.6 Å². The zero-order valence-electron chi connectivity index (χ0n) is 8.79. The van der Waals surface area contributed by atoms with Gasteiger partial charge >= 0.3 is 6.09 Å². The van der Waals surface area contributed by atoms with E-state index in [-0.39, 0.29) is 5.91 Å². The molecule has 80 valence electrons. The van der Waals surface area contributed by atoms with E-state index in [4.69, 9.17) is 4.74 Å². The molecule has 0 aliphatic carbocycles. The number of carbonyl (C=O) groups excluding carboxylic acids is 2. The normalized spacial score (nSPS) is 20.2. The highest BCUT2D eigenvalue weighted by Gasteiger charge is 2.41. The summed E-state index contributed by atoms with van der Waals surface area (Å²) in [7, 11) is 0. The molecule has 0 spiro atoms. The van der Waals surface area contributed by atoms with Crippen molar-refractivity contribution >= 4 is 12.0 Å². The van der Waals surface area contributed by atoms with Gasteiger partial charge in [0.15, 0.2) is 0 Å². The van der Waals surface area contributed by atoms with Crippen LogP contribution in [0.5, 0.6) is 0 Å². The Morgan fingerprint density at radius 2 is 2.29 bits per heavy atom. The fourth-order valence-corrected chi connectivity index (χ4v) is 1.42. The Hall–Kier alpha value is -1.26. The Labute approximate surface area is 83.4 Å². The lowest BCUT2D eigenvalue weighted by molar-refractivity contribution is -0.133. The molecule has 0 radical (unpaired) electrons. The van der Waals surface area contributed by atoms with Crippen molar-refractivity contribution in [2.45, 2.75) is 26.3 Å². The third-order valence-corrected chi connectivity index (χ3v) is 2.34. The molecule has 0 saturated carbocycles. The first-order chi connectivity index (χ1) is 6.50. The van der Waals surface area contributed by atoms with E-state index in [0.29, 0.717) is 19.7 Å². The number of hydrogen-bond acceptors (Lipinski definition) is 3. The molecule has 1 heterocycles. The zero-order chi connectivity index (χ0) is 10.8. The summed E-state index contributed by atoms with van der Waals surface area (Å²) in [6.07, 6.45) is -0.424. The van der Waals surface area contributed by atoms with Crippen LogP contribution in [0.15, 0.2) is 0 Å². The molecule has 1 N–H and O–H groups in total. The van der Waals surface area contributed by atoms with Gasteiger partial charge in [0.25, 0.3) is 0 Å². The molecule has 0 aromatic carbocycles. The maximum absolute atomic E-state index is 11.5. The predicted octanol–water partition coefficient (Wildman–Crippen LogP) is 0.353. The summed E-state index contributed by atoms with van der Waals surface area (Å²) in [6, 6.07) is 0. The minimum Gasteiger partial charge on any atom is -0.450 e. The van der Waals surface area contributed by atoms with Crippen molar-refractivity contribution in [2.75, 3.05) is 19.7 Å². The molecule has 1 fully saturated rings. The van der Waals surface area contributed by atoms with Gasteiger partial charge in [0, 0.05) is 13.1 Å². The van der Waals surface area contributed by atoms with Crippen LogP contribution < -0.4 is 5.32 Å². The highest BCUT2D eigenvalue weighted by molar-refractivity contribution is 5.90. The van der Waals surface area contributed by atoms with Crippen molar-refractivity contribution in [2.24, 2.45) is 0 Å². The van der Waals surface area contributed by atoms with Crippen molar-refractivity contribution < 1.29 is 14.3 Å². The van der Waals surface area contributed by atoms with Crippen molar-refractivity contribution in [1.29, 1.82) is 0 Å². The number of ether oxygens (including phenoxy) is 1. The van der Waals surface area contributed by atoms with Crippen LogP contribution in [-0.2, 0) is 9.53 Å². The number of amides is 2. The van der Waals surface area contributed by atoms with Gasteiger partial charge in [0.1, 0.15) is 5.54 Å². The largest absolute Gasteiger partial charge is 0.450 e. The monoisotopic (exact) mass is 200 g/mol. The third-order valence-electron chi connectivity index (χ3n) is 2.34. The van der Waals surface area contributed by atoms with E-state index in [1.165, 1.54) is 4.90 Å². The molecule has 0 bridgehead atoms. The lowest BCUT2D eigenvalue weighted by Crippen LogP contribution is -2.63. The number of rotatable bonds is 1. The van der Waals surface area contributed by atoms with E-state index in [1.54, 1.807) is 20.8 Å². The Morgan fingerprint density at radius 1 is 1.64 bits per heavy atom. The molecule has 14 heavy (non-hydrogen) atoms. The second kappa shape index (κ2) is 3.86. The van der Waals surface area contributed by atoms with E-state index in [1.807, 2.05) is 0 Å². The van der Waals surface area contributed by atoms with E-state index >= 15 is 0 Å². The molecule has 5 nitrogen and oxygen atoms in total. The van der Waals surface area contributed by atoms with Gasteiger partial charge in [0.2, 0.25) is 5.91 Å². The topological polar surface area (TPSA) is 58.6 Å². The van der Waals surface area contributed by atoms with Crippen LogP contribution in [0.2, 0.25) is 0 Å². The zero-order valence-corrected chi connectivity index (χ0v) is 8.79. The molecule has 0 unspecified atom stereocenters. The summed E-state index contributed by atoms with van der Waals surface area (Å²) in [5.41, 5.74) is -0.815. The molecule has 0 aromatic heterocycles. The maximum atomic E-state index is 11.5. The van der Waals surface area contributed by atoms with Gasteiger partial charge in [-0.2, -0.15) is 0 Å². The number of nitrogens with one attached hydrogen (secondary N) is 1. The van der Waals surface area contributed by atoms with Crippen LogP contribution in [-0.4, -0.2) is 42.1 Å². The van der Waals surface area contributed by atoms with E-state index in [0.717, 1.165) is 0 Å². The van der Waals surface area contributed by atoms with Crippen LogP contribution in [0.25, 0.3) is 0 Å². The quantitative estimate of drug-likeness (QED) is 0.664. The van der Waals surface area contributed by atoms with Gasteiger partial charge in [-0.05, 0) is 20.8 Å². The standard InChI is InChI=1S/C9H16N2O3/c1-4-14-8(13)11-6-5-10-7(12)9(11,2)3/h4-6H2,1-3H3,(H,10,12). The second-order valence-electron chi connectivity index (χ2n) is 3.67. The number of piperazine rings is 1. The Bertz CT molecular complexity index is 250. The lowest BCUT2D eigenvalue weighted by atomic mass is 10.00. The fraction of sp³-hybridized carbons (Fsp3) is 0.778. The Morgan fingerprint density at radius 3 is 2.86 bits per heavy atom. The van der Waals surface area contributed by atoms with Gasteiger partial charge in [-0.25, -0.2) is 4.79 Å².